The van der Waals surface area contributed by atoms with Gasteiger partial charge in [0.15, 0.2) is 4.34 Å². The van der Waals surface area contributed by atoms with Gasteiger partial charge in [0, 0.05) is 6.20 Å². The van der Waals surface area contributed by atoms with E-state index < -0.39 is 11.8 Å². The molecule has 0 bridgehead atoms. The smallest absolute Gasteiger partial charge is 0.274 e. The first-order valence-corrected chi connectivity index (χ1v) is 6.64. The Hall–Kier alpha value is -1.87. The van der Waals surface area contributed by atoms with E-state index in [4.69, 9.17) is 5.73 Å². The largest absolute Gasteiger partial charge is 0.374 e. The Kier molecular flexibility index (Phi) is 3.95. The third kappa shape index (κ3) is 3.31. The summed E-state index contributed by atoms with van der Waals surface area (Å²) in [5.41, 5.74) is 5.74. The molecular weight excluding hydrogens is 274 g/mol. The molecule has 0 aliphatic rings. The Balaban J connectivity index is 1.80. The molecule has 7 nitrogen and oxygen atoms in total. The maximum absolute atomic E-state index is 11.5. The number of hydrogen-bond donors (Lipinski definition) is 3. The molecular formula is C9H9N5O2S2. The van der Waals surface area contributed by atoms with Gasteiger partial charge in [-0.2, -0.15) is 0 Å². The van der Waals surface area contributed by atoms with Gasteiger partial charge in [0.1, 0.15) is 5.69 Å². The van der Waals surface area contributed by atoms with Crippen molar-refractivity contribution in [3.8, 4) is 0 Å². The lowest BCUT2D eigenvalue weighted by Gasteiger charge is -2.00. The van der Waals surface area contributed by atoms with Crippen LogP contribution in [-0.4, -0.2) is 32.7 Å². The van der Waals surface area contributed by atoms with Gasteiger partial charge in [-0.1, -0.05) is 23.1 Å². The minimum atomic E-state index is -0.456. The molecule has 0 aliphatic heterocycles. The standard InChI is InChI=1S/C9H9N5O2S2/c10-8-13-14-9(18-8)17-4-6(15)12-7(16)5-2-1-3-11-5/h1-3,11H,4H2,(H2,10,13)(H,12,15,16). The Morgan fingerprint density at radius 3 is 2.94 bits per heavy atom. The molecule has 94 valence electrons. The lowest BCUT2D eigenvalue weighted by atomic mass is 10.4. The van der Waals surface area contributed by atoms with E-state index in [1.165, 1.54) is 23.1 Å². The van der Waals surface area contributed by atoms with Crippen molar-refractivity contribution < 1.29 is 9.59 Å². The van der Waals surface area contributed by atoms with E-state index in [2.05, 4.69) is 20.5 Å². The molecule has 0 spiro atoms. The van der Waals surface area contributed by atoms with Crippen LogP contribution in [0.4, 0.5) is 5.13 Å². The van der Waals surface area contributed by atoms with Crippen molar-refractivity contribution in [1.82, 2.24) is 20.5 Å². The molecule has 0 fully saturated rings. The molecule has 2 aromatic heterocycles. The number of thioether (sulfide) groups is 1. The second-order valence-corrected chi connectivity index (χ2v) is 5.39. The van der Waals surface area contributed by atoms with Crippen molar-refractivity contribution in [3.63, 3.8) is 0 Å². The van der Waals surface area contributed by atoms with Crippen LogP contribution in [0.3, 0.4) is 0 Å². The average Bonchev–Trinajstić information content (AvgIpc) is 2.97. The highest BCUT2D eigenvalue weighted by molar-refractivity contribution is 8.01. The molecule has 2 rings (SSSR count). The molecule has 0 radical (unpaired) electrons. The van der Waals surface area contributed by atoms with Crippen LogP contribution < -0.4 is 11.1 Å². The van der Waals surface area contributed by atoms with E-state index in [0.717, 1.165) is 0 Å². The van der Waals surface area contributed by atoms with Crippen LogP contribution in [0.15, 0.2) is 22.7 Å². The summed E-state index contributed by atoms with van der Waals surface area (Å²) in [7, 11) is 0. The van der Waals surface area contributed by atoms with Crippen LogP contribution >= 0.6 is 23.1 Å². The number of aromatic amines is 1. The molecule has 0 aliphatic carbocycles. The van der Waals surface area contributed by atoms with Crippen LogP contribution in [0.2, 0.25) is 0 Å². The number of nitrogen functional groups attached to an aromatic ring is 1. The Morgan fingerprint density at radius 2 is 2.33 bits per heavy atom. The first kappa shape index (κ1) is 12.6. The third-order valence-electron chi connectivity index (χ3n) is 1.84. The number of carbonyl (C=O) groups excluding carboxylic acids is 2. The Bertz CT molecular complexity index is 551. The SMILES string of the molecule is Nc1nnc(SCC(=O)NC(=O)c2ccc[nH]2)s1. The third-order valence-corrected chi connectivity index (χ3v) is 3.73. The first-order valence-electron chi connectivity index (χ1n) is 4.84. The summed E-state index contributed by atoms with van der Waals surface area (Å²) in [5.74, 6) is -0.767. The summed E-state index contributed by atoms with van der Waals surface area (Å²) in [4.78, 5) is 25.7. The molecule has 0 unspecified atom stereocenters. The molecule has 0 atom stereocenters. The van der Waals surface area contributed by atoms with Crippen molar-refractivity contribution in [1.29, 1.82) is 0 Å². The molecule has 18 heavy (non-hydrogen) atoms. The van der Waals surface area contributed by atoms with Gasteiger partial charge in [0.2, 0.25) is 11.0 Å². The average molecular weight is 283 g/mol. The van der Waals surface area contributed by atoms with Crippen molar-refractivity contribution in [2.75, 3.05) is 11.5 Å². The van der Waals surface area contributed by atoms with E-state index in [1.807, 2.05) is 0 Å². The second-order valence-electron chi connectivity index (χ2n) is 3.16. The number of nitrogens with two attached hydrogens (primary N) is 1. The zero-order valence-corrected chi connectivity index (χ0v) is 10.7. The molecule has 4 N–H and O–H groups in total. The summed E-state index contributed by atoms with van der Waals surface area (Å²) in [6.07, 6.45) is 1.61. The van der Waals surface area contributed by atoms with Crippen LogP contribution in [-0.2, 0) is 4.79 Å². The minimum absolute atomic E-state index is 0.0844. The molecule has 2 amide bonds. The highest BCUT2D eigenvalue weighted by Crippen LogP contribution is 2.22. The number of nitrogens with one attached hydrogen (secondary N) is 2. The molecule has 0 saturated heterocycles. The van der Waals surface area contributed by atoms with Crippen LogP contribution in [0.25, 0.3) is 0 Å². The maximum Gasteiger partial charge on any atom is 0.274 e. The molecule has 2 heterocycles. The van der Waals surface area contributed by atoms with Gasteiger partial charge >= 0.3 is 0 Å². The molecule has 9 heteroatoms. The fourth-order valence-electron chi connectivity index (χ4n) is 1.11. The van der Waals surface area contributed by atoms with E-state index in [0.29, 0.717) is 15.2 Å². The first-order chi connectivity index (χ1) is 8.65. The van der Waals surface area contributed by atoms with Gasteiger partial charge < -0.3 is 10.7 Å². The van der Waals surface area contributed by atoms with E-state index >= 15 is 0 Å². The number of aromatic nitrogens is 3. The zero-order valence-electron chi connectivity index (χ0n) is 9.04. The van der Waals surface area contributed by atoms with Crippen LogP contribution in [0.5, 0.6) is 0 Å². The summed E-state index contributed by atoms with van der Waals surface area (Å²) >= 11 is 2.37. The maximum atomic E-state index is 11.5. The van der Waals surface area contributed by atoms with Gasteiger partial charge in [-0.25, -0.2) is 0 Å². The summed E-state index contributed by atoms with van der Waals surface area (Å²) in [6.45, 7) is 0. The summed E-state index contributed by atoms with van der Waals surface area (Å²) in [6, 6.07) is 3.26. The minimum Gasteiger partial charge on any atom is -0.374 e. The van der Waals surface area contributed by atoms with Gasteiger partial charge in [0.05, 0.1) is 5.75 Å². The summed E-state index contributed by atoms with van der Waals surface area (Å²) in [5, 5.41) is 9.97. The molecule has 0 saturated carbocycles. The predicted octanol–water partition coefficient (Wildman–Crippen LogP) is 0.497. The lowest BCUT2D eigenvalue weighted by molar-refractivity contribution is -0.117. The Morgan fingerprint density at radius 1 is 1.50 bits per heavy atom. The number of carbonyl (C=O) groups is 2. The van der Waals surface area contributed by atoms with E-state index in [9.17, 15) is 9.59 Å². The highest BCUT2D eigenvalue weighted by Gasteiger charge is 2.12. The van der Waals surface area contributed by atoms with Crippen molar-refractivity contribution >= 4 is 40.0 Å². The fraction of sp³-hybridized carbons (Fsp3) is 0.111. The summed E-state index contributed by atoms with van der Waals surface area (Å²) < 4.78 is 0.593. The number of nitrogens with zero attached hydrogens (tertiary/aromatic N) is 2. The van der Waals surface area contributed by atoms with Crippen molar-refractivity contribution in [3.05, 3.63) is 24.0 Å². The van der Waals surface area contributed by atoms with Gasteiger partial charge in [-0.05, 0) is 12.1 Å². The van der Waals surface area contributed by atoms with E-state index in [1.54, 1.807) is 18.3 Å². The fourth-order valence-corrected chi connectivity index (χ4v) is 2.54. The zero-order chi connectivity index (χ0) is 13.0. The number of hydrogen-bond acceptors (Lipinski definition) is 7. The number of imide groups is 1. The van der Waals surface area contributed by atoms with Gasteiger partial charge in [-0.3, -0.25) is 14.9 Å². The van der Waals surface area contributed by atoms with Crippen LogP contribution in [0.1, 0.15) is 10.5 Å². The van der Waals surface area contributed by atoms with Crippen molar-refractivity contribution in [2.24, 2.45) is 0 Å². The monoisotopic (exact) mass is 283 g/mol. The molecule has 2 aromatic rings. The number of amides is 2. The second kappa shape index (κ2) is 5.65. The Labute approximate surface area is 110 Å². The lowest BCUT2D eigenvalue weighted by Crippen LogP contribution is -2.32. The van der Waals surface area contributed by atoms with E-state index in [-0.39, 0.29) is 5.75 Å². The molecule has 0 aromatic carbocycles. The normalized spacial score (nSPS) is 10.2. The van der Waals surface area contributed by atoms with Crippen LogP contribution in [0, 0.1) is 0 Å². The van der Waals surface area contributed by atoms with Gasteiger partial charge in [0.25, 0.3) is 5.91 Å². The number of rotatable bonds is 4. The predicted molar refractivity (Wildman–Crippen MR) is 68.3 cm³/mol. The number of anilines is 1. The van der Waals surface area contributed by atoms with Crippen molar-refractivity contribution in [2.45, 2.75) is 4.34 Å². The topological polar surface area (TPSA) is 114 Å². The number of H-pyrrole nitrogens is 1. The van der Waals surface area contributed by atoms with Gasteiger partial charge in [-0.15, -0.1) is 10.2 Å². The highest BCUT2D eigenvalue weighted by atomic mass is 32.2. The quantitative estimate of drug-likeness (QED) is 0.704.